The average molecular weight is 333 g/mol. The average Bonchev–Trinajstić information content (AvgIpc) is 3.12. The summed E-state index contributed by atoms with van der Waals surface area (Å²) in [7, 11) is 0. The second-order valence-corrected chi connectivity index (χ2v) is 5.61. The number of fused-ring (bicyclic) bond motifs is 3. The molecule has 8 heteroatoms. The van der Waals surface area contributed by atoms with E-state index in [1.807, 2.05) is 17.4 Å². The van der Waals surface area contributed by atoms with Crippen molar-refractivity contribution in [3.05, 3.63) is 46.6 Å². The highest BCUT2D eigenvalue weighted by Gasteiger charge is 2.14. The second-order valence-electron chi connectivity index (χ2n) is 4.80. The molecule has 0 fully saturated rings. The number of halogens is 2. The first-order valence-electron chi connectivity index (χ1n) is 6.71. The fourth-order valence-electron chi connectivity index (χ4n) is 2.41. The predicted octanol–water partition coefficient (Wildman–Crippen LogP) is 3.33. The van der Waals surface area contributed by atoms with Gasteiger partial charge >= 0.3 is 0 Å². The smallest absolute Gasteiger partial charge is 0.174 e. The van der Waals surface area contributed by atoms with Crippen LogP contribution in [-0.2, 0) is 6.42 Å². The molecule has 3 heterocycles. The van der Waals surface area contributed by atoms with E-state index in [1.54, 1.807) is 29.3 Å². The zero-order valence-electron chi connectivity index (χ0n) is 11.5. The molecule has 0 aliphatic heterocycles. The van der Waals surface area contributed by atoms with Gasteiger partial charge in [0.1, 0.15) is 12.2 Å². The second kappa shape index (κ2) is 4.93. The topological polar surface area (TPSA) is 60.9 Å². The van der Waals surface area contributed by atoms with E-state index in [4.69, 9.17) is 23.2 Å². The Bertz CT molecular complexity index is 1000. The van der Waals surface area contributed by atoms with E-state index in [0.717, 1.165) is 29.0 Å². The van der Waals surface area contributed by atoms with Crippen LogP contribution in [-0.4, -0.2) is 29.4 Å². The molecule has 0 radical (unpaired) electrons. The maximum atomic E-state index is 6.08. The van der Waals surface area contributed by atoms with Crippen molar-refractivity contribution in [2.75, 3.05) is 0 Å². The van der Waals surface area contributed by atoms with Gasteiger partial charge in [0.25, 0.3) is 0 Å². The lowest BCUT2D eigenvalue weighted by Crippen LogP contribution is -1.99. The molecule has 22 heavy (non-hydrogen) atoms. The van der Waals surface area contributed by atoms with Crippen molar-refractivity contribution in [1.82, 2.24) is 29.4 Å². The third-order valence-corrected chi connectivity index (χ3v) is 4.25. The molecule has 0 N–H and O–H groups in total. The van der Waals surface area contributed by atoms with Crippen LogP contribution < -0.4 is 0 Å². The summed E-state index contributed by atoms with van der Waals surface area (Å²) in [6, 6.07) is 5.33. The van der Waals surface area contributed by atoms with Crippen molar-refractivity contribution in [3.63, 3.8) is 0 Å². The van der Waals surface area contributed by atoms with Gasteiger partial charge in [-0.1, -0.05) is 30.1 Å². The number of aryl methyl sites for hydroxylation is 1. The van der Waals surface area contributed by atoms with E-state index in [2.05, 4.69) is 20.3 Å². The lowest BCUT2D eigenvalue weighted by molar-refractivity contribution is 0.879. The van der Waals surface area contributed by atoms with E-state index >= 15 is 0 Å². The number of hydrogen-bond donors (Lipinski definition) is 0. The third kappa shape index (κ3) is 1.88. The Kier molecular flexibility index (Phi) is 3.02. The standard InChI is InChI=1S/C14H10Cl2N6/c1-2-12-19-20-14-9-6-18-22(13(9)17-7-21(12)14)8-3-4-10(15)11(16)5-8/h3-7H,2H2,1H3. The van der Waals surface area contributed by atoms with Crippen LogP contribution in [0.5, 0.6) is 0 Å². The lowest BCUT2D eigenvalue weighted by Gasteiger charge is -2.04. The molecule has 110 valence electrons. The van der Waals surface area contributed by atoms with Crippen LogP contribution in [0.15, 0.2) is 30.7 Å². The molecule has 0 aliphatic rings. The highest BCUT2D eigenvalue weighted by molar-refractivity contribution is 6.42. The van der Waals surface area contributed by atoms with Gasteiger partial charge in [-0.25, -0.2) is 9.67 Å². The van der Waals surface area contributed by atoms with Crippen LogP contribution in [0.3, 0.4) is 0 Å². The molecular weight excluding hydrogens is 323 g/mol. The molecule has 4 aromatic rings. The maximum absolute atomic E-state index is 6.08. The van der Waals surface area contributed by atoms with Gasteiger partial charge in [-0.3, -0.25) is 4.40 Å². The van der Waals surface area contributed by atoms with Crippen molar-refractivity contribution < 1.29 is 0 Å². The fourth-order valence-corrected chi connectivity index (χ4v) is 2.70. The number of rotatable bonds is 2. The molecule has 0 amide bonds. The number of hydrogen-bond acceptors (Lipinski definition) is 4. The molecule has 0 atom stereocenters. The van der Waals surface area contributed by atoms with Crippen LogP contribution in [0.4, 0.5) is 0 Å². The van der Waals surface area contributed by atoms with E-state index in [9.17, 15) is 0 Å². The Morgan fingerprint density at radius 1 is 1.09 bits per heavy atom. The van der Waals surface area contributed by atoms with Gasteiger partial charge in [0.2, 0.25) is 0 Å². The largest absolute Gasteiger partial charge is 0.269 e. The Labute approximate surface area is 135 Å². The van der Waals surface area contributed by atoms with Crippen molar-refractivity contribution in [2.45, 2.75) is 13.3 Å². The van der Waals surface area contributed by atoms with Gasteiger partial charge in [0.15, 0.2) is 11.3 Å². The summed E-state index contributed by atoms with van der Waals surface area (Å²) in [5, 5.41) is 14.6. The van der Waals surface area contributed by atoms with E-state index in [-0.39, 0.29) is 0 Å². The van der Waals surface area contributed by atoms with Crippen molar-refractivity contribution in [1.29, 1.82) is 0 Å². The summed E-state index contributed by atoms with van der Waals surface area (Å²) >= 11 is 12.0. The minimum Gasteiger partial charge on any atom is -0.269 e. The Balaban J connectivity index is 1.98. The normalized spacial score (nSPS) is 11.6. The Hall–Kier alpha value is -2.18. The van der Waals surface area contributed by atoms with Gasteiger partial charge in [0.05, 0.1) is 27.3 Å². The molecule has 0 spiro atoms. The van der Waals surface area contributed by atoms with Crippen LogP contribution >= 0.6 is 23.2 Å². The van der Waals surface area contributed by atoms with E-state index < -0.39 is 0 Å². The van der Waals surface area contributed by atoms with Gasteiger partial charge < -0.3 is 0 Å². The van der Waals surface area contributed by atoms with Crippen molar-refractivity contribution >= 4 is 39.9 Å². The first-order chi connectivity index (χ1) is 10.7. The van der Waals surface area contributed by atoms with E-state index in [0.29, 0.717) is 15.7 Å². The molecule has 4 rings (SSSR count). The third-order valence-electron chi connectivity index (χ3n) is 3.51. The molecule has 0 saturated heterocycles. The molecule has 0 aliphatic carbocycles. The lowest BCUT2D eigenvalue weighted by atomic mass is 10.3. The SMILES string of the molecule is CCc1nnc2c3cnn(-c4ccc(Cl)c(Cl)c4)c3ncn12. The van der Waals surface area contributed by atoms with Crippen molar-refractivity contribution in [2.24, 2.45) is 0 Å². The summed E-state index contributed by atoms with van der Waals surface area (Å²) < 4.78 is 3.58. The van der Waals surface area contributed by atoms with Crippen molar-refractivity contribution in [3.8, 4) is 5.69 Å². The zero-order valence-corrected chi connectivity index (χ0v) is 13.0. The number of aromatic nitrogens is 6. The summed E-state index contributed by atoms with van der Waals surface area (Å²) in [5.41, 5.74) is 2.23. The highest BCUT2D eigenvalue weighted by atomic mass is 35.5. The molecule has 1 aromatic carbocycles. The molecular formula is C14H10Cl2N6. The van der Waals surface area contributed by atoms with Crippen LogP contribution in [0.25, 0.3) is 22.4 Å². The minimum atomic E-state index is 0.472. The quantitative estimate of drug-likeness (QED) is 0.564. The summed E-state index contributed by atoms with van der Waals surface area (Å²) in [5.74, 6) is 0.867. The van der Waals surface area contributed by atoms with E-state index in [1.165, 1.54) is 0 Å². The Morgan fingerprint density at radius 2 is 1.95 bits per heavy atom. The van der Waals surface area contributed by atoms with Crippen LogP contribution in [0.1, 0.15) is 12.7 Å². The maximum Gasteiger partial charge on any atom is 0.174 e. The summed E-state index contributed by atoms with van der Waals surface area (Å²) in [6.45, 7) is 2.03. The molecule has 0 saturated carbocycles. The predicted molar refractivity (Wildman–Crippen MR) is 84.8 cm³/mol. The number of benzene rings is 1. The fraction of sp³-hybridized carbons (Fsp3) is 0.143. The summed E-state index contributed by atoms with van der Waals surface area (Å²) in [6.07, 6.45) is 4.23. The number of nitrogens with zero attached hydrogens (tertiary/aromatic N) is 6. The zero-order chi connectivity index (χ0) is 15.3. The van der Waals surface area contributed by atoms with Gasteiger partial charge in [-0.05, 0) is 18.2 Å². The first-order valence-corrected chi connectivity index (χ1v) is 7.46. The molecule has 0 unspecified atom stereocenters. The molecule has 6 nitrogen and oxygen atoms in total. The van der Waals surface area contributed by atoms with Crippen LogP contribution in [0.2, 0.25) is 10.0 Å². The van der Waals surface area contributed by atoms with Gasteiger partial charge in [-0.2, -0.15) is 5.10 Å². The Morgan fingerprint density at radius 3 is 2.73 bits per heavy atom. The first kappa shape index (κ1) is 13.5. The molecule has 0 bridgehead atoms. The van der Waals surface area contributed by atoms with Gasteiger partial charge in [0, 0.05) is 6.42 Å². The minimum absolute atomic E-state index is 0.472. The monoisotopic (exact) mass is 332 g/mol. The van der Waals surface area contributed by atoms with Gasteiger partial charge in [-0.15, -0.1) is 10.2 Å². The summed E-state index contributed by atoms with van der Waals surface area (Å²) in [4.78, 5) is 4.49. The molecule has 3 aromatic heterocycles. The highest BCUT2D eigenvalue weighted by Crippen LogP contribution is 2.26. The van der Waals surface area contributed by atoms with Crippen LogP contribution in [0, 0.1) is 0 Å².